The average molecular weight is 174 g/mol. The Balaban J connectivity index is 2.77. The molecule has 0 saturated carbocycles. The van der Waals surface area contributed by atoms with Gasteiger partial charge in [0, 0.05) is 5.75 Å². The number of nitrogens with zero attached hydrogens (tertiary/aromatic N) is 1. The smallest absolute Gasteiger partial charge is 0.195 e. The van der Waals surface area contributed by atoms with Gasteiger partial charge in [0.05, 0.1) is 5.69 Å². The molecule has 0 aromatic carbocycles. The van der Waals surface area contributed by atoms with E-state index < -0.39 is 0 Å². The third kappa shape index (κ3) is 1.64. The number of rotatable bonds is 2. The van der Waals surface area contributed by atoms with Crippen LogP contribution in [-0.4, -0.2) is 15.8 Å². The average Bonchev–Trinajstić information content (AvgIpc) is 2.14. The van der Waals surface area contributed by atoms with Crippen molar-refractivity contribution < 1.29 is 5.11 Å². The van der Waals surface area contributed by atoms with Crippen molar-refractivity contribution in [1.29, 1.82) is 0 Å². The minimum Gasteiger partial charge on any atom is -0.498 e. The quantitative estimate of drug-likeness (QED) is 0.697. The molecule has 55 valence electrons. The molecule has 0 amide bonds. The fourth-order valence-electron chi connectivity index (χ4n) is 0.513. The topological polar surface area (TPSA) is 33.1 Å². The summed E-state index contributed by atoms with van der Waals surface area (Å²) in [5.41, 5.74) is 0.709. The van der Waals surface area contributed by atoms with E-state index in [0.29, 0.717) is 10.8 Å². The van der Waals surface area contributed by atoms with Gasteiger partial charge in [-0.1, -0.05) is 23.1 Å². The minimum absolute atomic E-state index is 0.316. The second-order valence-electron chi connectivity index (χ2n) is 1.72. The van der Waals surface area contributed by atoms with E-state index in [2.05, 4.69) is 11.9 Å². The van der Waals surface area contributed by atoms with Crippen LogP contribution in [0.3, 0.4) is 0 Å². The SMILES string of the molecule is [CH2]CSc1nc(C)c(O)s1. The summed E-state index contributed by atoms with van der Waals surface area (Å²) < 4.78 is 0.894. The van der Waals surface area contributed by atoms with Gasteiger partial charge < -0.3 is 5.11 Å². The molecule has 0 spiro atoms. The first-order chi connectivity index (χ1) is 4.74. The molecule has 1 radical (unpaired) electrons. The van der Waals surface area contributed by atoms with Crippen molar-refractivity contribution in [2.75, 3.05) is 5.75 Å². The van der Waals surface area contributed by atoms with Gasteiger partial charge in [0.2, 0.25) is 0 Å². The molecule has 10 heavy (non-hydrogen) atoms. The van der Waals surface area contributed by atoms with E-state index in [1.165, 1.54) is 11.3 Å². The number of aryl methyl sites for hydroxylation is 1. The first-order valence-corrected chi connectivity index (χ1v) is 4.62. The van der Waals surface area contributed by atoms with Crippen LogP contribution in [0, 0.1) is 13.8 Å². The highest BCUT2D eigenvalue weighted by Crippen LogP contribution is 2.31. The number of aromatic hydroxyl groups is 1. The van der Waals surface area contributed by atoms with Crippen molar-refractivity contribution in [2.45, 2.75) is 11.3 Å². The van der Waals surface area contributed by atoms with Gasteiger partial charge in [-0.3, -0.25) is 0 Å². The van der Waals surface area contributed by atoms with E-state index in [4.69, 9.17) is 5.11 Å². The van der Waals surface area contributed by atoms with Crippen molar-refractivity contribution in [3.63, 3.8) is 0 Å². The number of aromatic nitrogens is 1. The van der Waals surface area contributed by atoms with Gasteiger partial charge in [-0.25, -0.2) is 4.98 Å². The molecule has 1 aromatic heterocycles. The Kier molecular flexibility index (Phi) is 2.56. The summed E-state index contributed by atoms with van der Waals surface area (Å²) in [6.45, 7) is 5.46. The third-order valence-corrected chi connectivity index (χ3v) is 2.88. The molecule has 0 aliphatic carbocycles. The van der Waals surface area contributed by atoms with Crippen LogP contribution in [0.1, 0.15) is 5.69 Å². The van der Waals surface area contributed by atoms with Crippen molar-refractivity contribution in [1.82, 2.24) is 4.98 Å². The molecular formula is C6H8NOS2. The van der Waals surface area contributed by atoms with Crippen LogP contribution in [0.15, 0.2) is 4.34 Å². The molecule has 1 heterocycles. The van der Waals surface area contributed by atoms with Crippen molar-refractivity contribution in [2.24, 2.45) is 0 Å². The summed E-state index contributed by atoms with van der Waals surface area (Å²) in [4.78, 5) is 4.09. The molecule has 0 unspecified atom stereocenters. The van der Waals surface area contributed by atoms with Gasteiger partial charge in [-0.15, -0.1) is 0 Å². The Morgan fingerprint density at radius 2 is 2.50 bits per heavy atom. The lowest BCUT2D eigenvalue weighted by Gasteiger charge is -1.84. The molecule has 0 aliphatic heterocycles. The zero-order chi connectivity index (χ0) is 7.56. The van der Waals surface area contributed by atoms with Gasteiger partial charge in [0.15, 0.2) is 9.40 Å². The van der Waals surface area contributed by atoms with E-state index >= 15 is 0 Å². The molecule has 0 aliphatic rings. The zero-order valence-electron chi connectivity index (χ0n) is 5.63. The van der Waals surface area contributed by atoms with E-state index in [0.717, 1.165) is 10.1 Å². The summed E-state index contributed by atoms with van der Waals surface area (Å²) in [7, 11) is 0. The molecule has 0 saturated heterocycles. The summed E-state index contributed by atoms with van der Waals surface area (Å²) in [5.74, 6) is 0.756. The van der Waals surface area contributed by atoms with Crippen LogP contribution >= 0.6 is 23.1 Å². The fraction of sp³-hybridized carbons (Fsp3) is 0.333. The normalized spacial score (nSPS) is 10.2. The van der Waals surface area contributed by atoms with Crippen LogP contribution in [0.2, 0.25) is 0 Å². The first-order valence-electron chi connectivity index (χ1n) is 2.82. The van der Waals surface area contributed by atoms with Crippen LogP contribution in [0.25, 0.3) is 0 Å². The van der Waals surface area contributed by atoms with Crippen LogP contribution < -0.4 is 0 Å². The monoisotopic (exact) mass is 174 g/mol. The fourth-order valence-corrected chi connectivity index (χ4v) is 2.15. The lowest BCUT2D eigenvalue weighted by molar-refractivity contribution is 0.485. The molecule has 1 aromatic rings. The molecule has 0 fully saturated rings. The van der Waals surface area contributed by atoms with E-state index in [-0.39, 0.29) is 0 Å². The van der Waals surface area contributed by atoms with Crippen LogP contribution in [-0.2, 0) is 0 Å². The Bertz CT molecular complexity index is 202. The van der Waals surface area contributed by atoms with Gasteiger partial charge in [0.1, 0.15) is 0 Å². The van der Waals surface area contributed by atoms with Crippen molar-refractivity contribution in [3.8, 4) is 5.06 Å². The summed E-state index contributed by atoms with van der Waals surface area (Å²) in [5, 5.41) is 9.40. The highest BCUT2D eigenvalue weighted by Gasteiger charge is 2.03. The molecule has 1 N–H and O–H groups in total. The standard InChI is InChI=1S/C6H8NOS2/c1-3-9-6-7-4(2)5(8)10-6/h8H,1,3H2,2H3. The lowest BCUT2D eigenvalue weighted by Crippen LogP contribution is -1.71. The molecule has 0 bridgehead atoms. The predicted molar refractivity (Wildman–Crippen MR) is 44.6 cm³/mol. The Morgan fingerprint density at radius 3 is 2.90 bits per heavy atom. The number of thioether (sulfide) groups is 1. The maximum absolute atomic E-state index is 9.09. The van der Waals surface area contributed by atoms with Gasteiger partial charge in [-0.2, -0.15) is 0 Å². The van der Waals surface area contributed by atoms with Crippen LogP contribution in [0.4, 0.5) is 0 Å². The van der Waals surface area contributed by atoms with E-state index in [1.54, 1.807) is 18.7 Å². The Morgan fingerprint density at radius 1 is 1.80 bits per heavy atom. The molecule has 1 rings (SSSR count). The minimum atomic E-state index is 0.316. The maximum atomic E-state index is 9.09. The summed E-state index contributed by atoms with van der Waals surface area (Å²) in [6.07, 6.45) is 0. The largest absolute Gasteiger partial charge is 0.498 e. The van der Waals surface area contributed by atoms with E-state index in [9.17, 15) is 0 Å². The molecule has 0 atom stereocenters. The molecular weight excluding hydrogens is 166 g/mol. The molecule has 2 nitrogen and oxygen atoms in total. The van der Waals surface area contributed by atoms with E-state index in [1.807, 2.05) is 0 Å². The van der Waals surface area contributed by atoms with Gasteiger partial charge in [-0.05, 0) is 13.8 Å². The van der Waals surface area contributed by atoms with Crippen molar-refractivity contribution >= 4 is 23.1 Å². The summed E-state index contributed by atoms with van der Waals surface area (Å²) >= 11 is 2.85. The lowest BCUT2D eigenvalue weighted by atomic mass is 10.6. The van der Waals surface area contributed by atoms with Gasteiger partial charge in [0.25, 0.3) is 0 Å². The molecule has 4 heteroatoms. The first kappa shape index (κ1) is 7.88. The predicted octanol–water partition coefficient (Wildman–Crippen LogP) is 2.08. The zero-order valence-corrected chi connectivity index (χ0v) is 7.26. The second-order valence-corrected chi connectivity index (χ2v) is 4.04. The van der Waals surface area contributed by atoms with Crippen molar-refractivity contribution in [3.05, 3.63) is 12.6 Å². The van der Waals surface area contributed by atoms with Crippen LogP contribution in [0.5, 0.6) is 5.06 Å². The maximum Gasteiger partial charge on any atom is 0.195 e. The number of thiazole rings is 1. The Hall–Kier alpha value is -0.220. The third-order valence-electron chi connectivity index (χ3n) is 0.978. The number of hydrogen-bond acceptors (Lipinski definition) is 4. The highest BCUT2D eigenvalue weighted by molar-refractivity contribution is 8.01. The Labute approximate surface area is 68.3 Å². The summed E-state index contributed by atoms with van der Waals surface area (Å²) in [6, 6.07) is 0. The number of hydrogen-bond donors (Lipinski definition) is 1. The second kappa shape index (κ2) is 3.25. The highest BCUT2D eigenvalue weighted by atomic mass is 32.2. The van der Waals surface area contributed by atoms with Gasteiger partial charge >= 0.3 is 0 Å².